The molecular formula is C13H13ClN2OS. The van der Waals surface area contributed by atoms with Gasteiger partial charge in [-0.05, 0) is 30.0 Å². The van der Waals surface area contributed by atoms with Gasteiger partial charge >= 0.3 is 0 Å². The molecular weight excluding hydrogens is 268 g/mol. The Hall–Kier alpha value is -1.26. The van der Waals surface area contributed by atoms with Gasteiger partial charge in [-0.25, -0.2) is 0 Å². The summed E-state index contributed by atoms with van der Waals surface area (Å²) in [5.74, 6) is -0.217. The number of nitrogens with zero attached hydrogens (tertiary/aromatic N) is 1. The number of carbonyl (C=O) groups excluding carboxylic acids is 1. The van der Waals surface area contributed by atoms with E-state index in [1.54, 1.807) is 11.3 Å². The van der Waals surface area contributed by atoms with E-state index in [4.69, 9.17) is 17.3 Å². The van der Waals surface area contributed by atoms with Crippen molar-refractivity contribution in [2.24, 2.45) is 11.7 Å². The molecule has 1 amide bonds. The molecule has 2 N–H and O–H groups in total. The lowest BCUT2D eigenvalue weighted by Gasteiger charge is -2.18. The fourth-order valence-electron chi connectivity index (χ4n) is 2.41. The molecule has 1 aliphatic heterocycles. The van der Waals surface area contributed by atoms with E-state index in [-0.39, 0.29) is 11.8 Å². The van der Waals surface area contributed by atoms with Crippen LogP contribution < -0.4 is 10.6 Å². The van der Waals surface area contributed by atoms with Gasteiger partial charge in [0.05, 0.1) is 10.3 Å². The Morgan fingerprint density at radius 2 is 2.28 bits per heavy atom. The summed E-state index contributed by atoms with van der Waals surface area (Å²) < 4.78 is 1.98. The molecule has 0 unspecified atom stereocenters. The number of benzene rings is 1. The summed E-state index contributed by atoms with van der Waals surface area (Å²) in [4.78, 5) is 13.4. The first-order valence-corrected chi connectivity index (χ1v) is 7.06. The zero-order valence-corrected chi connectivity index (χ0v) is 11.3. The number of halogens is 1. The lowest BCUT2D eigenvalue weighted by molar-refractivity contribution is -0.121. The highest BCUT2D eigenvalue weighted by atomic mass is 35.5. The molecule has 18 heavy (non-hydrogen) atoms. The number of hydrogen-bond acceptors (Lipinski definition) is 3. The maximum atomic E-state index is 11.2. The van der Waals surface area contributed by atoms with E-state index in [2.05, 4.69) is 23.1 Å². The number of carbonyl (C=O) groups is 1. The summed E-state index contributed by atoms with van der Waals surface area (Å²) in [6.45, 7) is 1.61. The van der Waals surface area contributed by atoms with Gasteiger partial charge in [-0.15, -0.1) is 11.3 Å². The summed E-state index contributed by atoms with van der Waals surface area (Å²) in [6.07, 6.45) is 0.846. The molecule has 1 aliphatic rings. The molecule has 3 rings (SSSR count). The van der Waals surface area contributed by atoms with Crippen molar-refractivity contribution in [3.05, 3.63) is 28.6 Å². The highest BCUT2D eigenvalue weighted by molar-refractivity contribution is 7.22. The van der Waals surface area contributed by atoms with E-state index in [9.17, 15) is 4.79 Å². The standard InChI is InChI=1S/C13H13ClN2OS/c14-12-5-8-1-2-10(6-11(8)18-12)16-4-3-9(7-16)13(15)17/h1-2,5-6,9H,3-4,7H2,(H2,15,17)/t9-/m0/s1. The average Bonchev–Trinajstić information content (AvgIpc) is 2.91. The molecule has 1 atom stereocenters. The average molecular weight is 281 g/mol. The molecule has 0 saturated carbocycles. The number of fused-ring (bicyclic) bond motifs is 1. The van der Waals surface area contributed by atoms with Gasteiger partial charge in [0.15, 0.2) is 0 Å². The fraction of sp³-hybridized carbons (Fsp3) is 0.308. The maximum absolute atomic E-state index is 11.2. The normalized spacial score (nSPS) is 19.6. The van der Waals surface area contributed by atoms with Gasteiger partial charge in [-0.1, -0.05) is 17.7 Å². The van der Waals surface area contributed by atoms with Crippen molar-refractivity contribution >= 4 is 44.6 Å². The predicted octanol–water partition coefficient (Wildman–Crippen LogP) is 2.87. The fourth-order valence-corrected chi connectivity index (χ4v) is 3.60. The van der Waals surface area contributed by atoms with Crippen molar-refractivity contribution in [2.45, 2.75) is 6.42 Å². The van der Waals surface area contributed by atoms with E-state index in [1.807, 2.05) is 6.07 Å². The van der Waals surface area contributed by atoms with Crippen LogP contribution in [0.4, 0.5) is 5.69 Å². The van der Waals surface area contributed by atoms with Crippen LogP contribution in [-0.4, -0.2) is 19.0 Å². The van der Waals surface area contributed by atoms with Gasteiger partial charge in [0, 0.05) is 23.5 Å². The lowest BCUT2D eigenvalue weighted by Crippen LogP contribution is -2.27. The number of hydrogen-bond donors (Lipinski definition) is 1. The van der Waals surface area contributed by atoms with Gasteiger partial charge in [-0.3, -0.25) is 4.79 Å². The van der Waals surface area contributed by atoms with Crippen LogP contribution in [0.1, 0.15) is 6.42 Å². The third kappa shape index (κ3) is 2.06. The van der Waals surface area contributed by atoms with E-state index < -0.39 is 0 Å². The van der Waals surface area contributed by atoms with Crippen LogP contribution >= 0.6 is 22.9 Å². The molecule has 3 nitrogen and oxygen atoms in total. The Morgan fingerprint density at radius 3 is 3.00 bits per heavy atom. The van der Waals surface area contributed by atoms with Crippen molar-refractivity contribution < 1.29 is 4.79 Å². The van der Waals surface area contributed by atoms with Gasteiger partial charge < -0.3 is 10.6 Å². The lowest BCUT2D eigenvalue weighted by atomic mass is 10.1. The predicted molar refractivity (Wildman–Crippen MR) is 76.3 cm³/mol. The van der Waals surface area contributed by atoms with E-state index in [0.717, 1.165) is 29.5 Å². The SMILES string of the molecule is NC(=O)[C@H]1CCN(c2ccc3cc(Cl)sc3c2)C1. The summed E-state index contributed by atoms with van der Waals surface area (Å²) in [7, 11) is 0. The van der Waals surface area contributed by atoms with Crippen LogP contribution in [0, 0.1) is 5.92 Å². The summed E-state index contributed by atoms with van der Waals surface area (Å²) in [6, 6.07) is 8.26. The largest absolute Gasteiger partial charge is 0.371 e. The highest BCUT2D eigenvalue weighted by Crippen LogP contribution is 2.33. The van der Waals surface area contributed by atoms with Crippen LogP contribution in [-0.2, 0) is 4.79 Å². The second-order valence-corrected chi connectivity index (χ2v) is 6.32. The minimum atomic E-state index is -0.197. The number of rotatable bonds is 2. The molecule has 1 fully saturated rings. The minimum absolute atomic E-state index is 0.0207. The Balaban J connectivity index is 1.88. The van der Waals surface area contributed by atoms with Crippen molar-refractivity contribution in [1.82, 2.24) is 0 Å². The first-order valence-electron chi connectivity index (χ1n) is 5.87. The van der Waals surface area contributed by atoms with Crippen molar-refractivity contribution in [2.75, 3.05) is 18.0 Å². The molecule has 1 aromatic carbocycles. The molecule has 0 radical (unpaired) electrons. The molecule has 2 heterocycles. The molecule has 5 heteroatoms. The number of primary amides is 1. The molecule has 1 saturated heterocycles. The zero-order chi connectivity index (χ0) is 12.7. The molecule has 94 valence electrons. The third-order valence-electron chi connectivity index (χ3n) is 3.43. The first kappa shape index (κ1) is 11.8. The van der Waals surface area contributed by atoms with Gasteiger partial charge in [-0.2, -0.15) is 0 Å². The van der Waals surface area contributed by atoms with E-state index >= 15 is 0 Å². The maximum Gasteiger partial charge on any atom is 0.222 e. The third-order valence-corrected chi connectivity index (χ3v) is 4.66. The minimum Gasteiger partial charge on any atom is -0.371 e. The number of thiophene rings is 1. The van der Waals surface area contributed by atoms with Gasteiger partial charge in [0.2, 0.25) is 5.91 Å². The Kier molecular flexibility index (Phi) is 2.92. The summed E-state index contributed by atoms with van der Waals surface area (Å²) in [5.41, 5.74) is 6.49. The topological polar surface area (TPSA) is 46.3 Å². The Morgan fingerprint density at radius 1 is 1.44 bits per heavy atom. The van der Waals surface area contributed by atoms with E-state index in [1.165, 1.54) is 10.1 Å². The van der Waals surface area contributed by atoms with Crippen LogP contribution in [0.15, 0.2) is 24.3 Å². The monoisotopic (exact) mass is 280 g/mol. The summed E-state index contributed by atoms with van der Waals surface area (Å²) in [5, 5.41) is 1.17. The van der Waals surface area contributed by atoms with Crippen LogP contribution in [0.5, 0.6) is 0 Å². The molecule has 0 aliphatic carbocycles. The van der Waals surface area contributed by atoms with Crippen LogP contribution in [0.3, 0.4) is 0 Å². The molecule has 0 spiro atoms. The first-order chi connectivity index (χ1) is 8.63. The second-order valence-electron chi connectivity index (χ2n) is 4.61. The zero-order valence-electron chi connectivity index (χ0n) is 9.73. The summed E-state index contributed by atoms with van der Waals surface area (Å²) >= 11 is 7.58. The van der Waals surface area contributed by atoms with Gasteiger partial charge in [0.1, 0.15) is 0 Å². The van der Waals surface area contributed by atoms with Crippen molar-refractivity contribution in [3.8, 4) is 0 Å². The van der Waals surface area contributed by atoms with E-state index in [0.29, 0.717) is 0 Å². The Labute approximate surface area is 114 Å². The quantitative estimate of drug-likeness (QED) is 0.919. The molecule has 0 bridgehead atoms. The number of anilines is 1. The van der Waals surface area contributed by atoms with Crippen LogP contribution in [0.25, 0.3) is 10.1 Å². The van der Waals surface area contributed by atoms with Crippen molar-refractivity contribution in [1.29, 1.82) is 0 Å². The Bertz CT molecular complexity index is 610. The second kappa shape index (κ2) is 4.44. The number of amides is 1. The smallest absolute Gasteiger partial charge is 0.222 e. The van der Waals surface area contributed by atoms with Gasteiger partial charge in [0.25, 0.3) is 0 Å². The van der Waals surface area contributed by atoms with Crippen molar-refractivity contribution in [3.63, 3.8) is 0 Å². The highest BCUT2D eigenvalue weighted by Gasteiger charge is 2.26. The number of nitrogens with two attached hydrogens (primary N) is 1. The molecule has 2 aromatic rings. The van der Waals surface area contributed by atoms with Crippen LogP contribution in [0.2, 0.25) is 4.34 Å². The molecule has 1 aromatic heterocycles.